The Morgan fingerprint density at radius 1 is 1.56 bits per heavy atom. The van der Waals surface area contributed by atoms with Gasteiger partial charge in [0.1, 0.15) is 0 Å². The summed E-state index contributed by atoms with van der Waals surface area (Å²) in [5, 5.41) is 2.79. The highest BCUT2D eigenvalue weighted by molar-refractivity contribution is 8.00. The highest BCUT2D eigenvalue weighted by atomic mass is 32.2. The second kappa shape index (κ2) is 4.89. The van der Waals surface area contributed by atoms with Crippen LogP contribution in [0.15, 0.2) is 23.1 Å². The van der Waals surface area contributed by atoms with Crippen LogP contribution in [0.5, 0.6) is 0 Å². The van der Waals surface area contributed by atoms with Gasteiger partial charge in [-0.15, -0.1) is 11.8 Å². The molecule has 3 amide bonds. The molecule has 0 bridgehead atoms. The third kappa shape index (κ3) is 2.59. The molecule has 1 aliphatic heterocycles. The summed E-state index contributed by atoms with van der Waals surface area (Å²) in [6.45, 7) is 2.30. The largest absolute Gasteiger partial charge is 0.351 e. The molecule has 5 nitrogen and oxygen atoms in total. The Kier molecular flexibility index (Phi) is 3.47. The number of nitrogens with one attached hydrogen (secondary N) is 1. The van der Waals surface area contributed by atoms with Gasteiger partial charge in [-0.25, -0.2) is 4.79 Å². The zero-order valence-electron chi connectivity index (χ0n) is 10.3. The number of nitrogens with zero attached hydrogens (tertiary/aromatic N) is 1. The van der Waals surface area contributed by atoms with Crippen LogP contribution in [0.3, 0.4) is 0 Å². The van der Waals surface area contributed by atoms with Gasteiger partial charge in [-0.05, 0) is 24.6 Å². The molecule has 0 aromatic heterocycles. The van der Waals surface area contributed by atoms with Gasteiger partial charge in [0.15, 0.2) is 0 Å². The predicted octanol–water partition coefficient (Wildman–Crippen LogP) is 1.63. The molecule has 1 unspecified atom stereocenters. The van der Waals surface area contributed by atoms with E-state index in [4.69, 9.17) is 5.73 Å². The second-order valence-electron chi connectivity index (χ2n) is 4.27. The van der Waals surface area contributed by atoms with Crippen LogP contribution in [0.2, 0.25) is 0 Å². The molecule has 0 aliphatic carbocycles. The van der Waals surface area contributed by atoms with Crippen LogP contribution < -0.4 is 11.1 Å². The minimum absolute atomic E-state index is 0.00732. The van der Waals surface area contributed by atoms with Gasteiger partial charge in [0.05, 0.1) is 10.9 Å². The van der Waals surface area contributed by atoms with Gasteiger partial charge in [-0.3, -0.25) is 4.79 Å². The van der Waals surface area contributed by atoms with Gasteiger partial charge in [0.2, 0.25) is 5.91 Å². The quantitative estimate of drug-likeness (QED) is 0.853. The number of urea groups is 1. The van der Waals surface area contributed by atoms with Crippen LogP contribution in [0.25, 0.3) is 0 Å². The molecule has 1 aromatic carbocycles. The molecule has 18 heavy (non-hydrogen) atoms. The summed E-state index contributed by atoms with van der Waals surface area (Å²) in [7, 11) is 1.64. The van der Waals surface area contributed by atoms with Crippen LogP contribution in [0.4, 0.5) is 10.5 Å². The molecule has 1 atom stereocenters. The fraction of sp³-hybridized carbons (Fsp3) is 0.333. The molecule has 0 spiro atoms. The monoisotopic (exact) mass is 265 g/mol. The van der Waals surface area contributed by atoms with Crippen molar-refractivity contribution in [2.24, 2.45) is 5.73 Å². The van der Waals surface area contributed by atoms with E-state index in [1.807, 2.05) is 25.1 Å². The summed E-state index contributed by atoms with van der Waals surface area (Å²) in [4.78, 5) is 25.0. The molecule has 6 heteroatoms. The maximum absolute atomic E-state index is 11.6. The Bertz CT molecular complexity index is 504. The Balaban J connectivity index is 2.20. The average molecular weight is 265 g/mol. The summed E-state index contributed by atoms with van der Waals surface area (Å²) in [5.41, 5.74) is 6.91. The first-order chi connectivity index (χ1) is 8.47. The zero-order chi connectivity index (χ0) is 13.3. The van der Waals surface area contributed by atoms with E-state index in [0.29, 0.717) is 6.54 Å². The van der Waals surface area contributed by atoms with Crippen LogP contribution in [0.1, 0.15) is 12.5 Å². The molecule has 0 saturated carbocycles. The van der Waals surface area contributed by atoms with E-state index < -0.39 is 6.03 Å². The number of carbonyl (C=O) groups excluding carboxylic acids is 2. The molecule has 1 aromatic rings. The van der Waals surface area contributed by atoms with Crippen molar-refractivity contribution >= 4 is 29.4 Å². The third-order valence-corrected chi connectivity index (χ3v) is 3.95. The normalized spacial score (nSPS) is 17.9. The van der Waals surface area contributed by atoms with Crippen molar-refractivity contribution in [1.29, 1.82) is 0 Å². The molecule has 0 saturated heterocycles. The number of benzene rings is 1. The number of thioether (sulfide) groups is 1. The minimum atomic E-state index is -0.472. The number of hydrogen-bond acceptors (Lipinski definition) is 3. The van der Waals surface area contributed by atoms with Gasteiger partial charge in [0.25, 0.3) is 0 Å². The summed E-state index contributed by atoms with van der Waals surface area (Å²) < 4.78 is 0. The van der Waals surface area contributed by atoms with Crippen molar-refractivity contribution in [3.8, 4) is 0 Å². The van der Waals surface area contributed by atoms with Crippen molar-refractivity contribution in [3.63, 3.8) is 0 Å². The molecule has 96 valence electrons. The van der Waals surface area contributed by atoms with E-state index in [0.717, 1.165) is 16.1 Å². The summed E-state index contributed by atoms with van der Waals surface area (Å²) in [6, 6.07) is 5.31. The molecule has 2 rings (SSSR count). The van der Waals surface area contributed by atoms with Crippen LogP contribution in [-0.4, -0.2) is 29.1 Å². The number of amides is 3. The topological polar surface area (TPSA) is 75.4 Å². The van der Waals surface area contributed by atoms with Gasteiger partial charge >= 0.3 is 6.03 Å². The van der Waals surface area contributed by atoms with E-state index in [1.54, 1.807) is 7.05 Å². The lowest BCUT2D eigenvalue weighted by atomic mass is 10.2. The SMILES string of the molecule is CC1Sc2ccc(CN(C)C(N)=O)cc2NC1=O. The molecule has 3 N–H and O–H groups in total. The summed E-state index contributed by atoms with van der Waals surface area (Å²) in [6.07, 6.45) is 0. The highest BCUT2D eigenvalue weighted by Gasteiger charge is 2.23. The maximum atomic E-state index is 11.6. The fourth-order valence-electron chi connectivity index (χ4n) is 1.71. The number of hydrogen-bond donors (Lipinski definition) is 2. The zero-order valence-corrected chi connectivity index (χ0v) is 11.1. The summed E-state index contributed by atoms with van der Waals surface area (Å²) in [5.74, 6) is 0.00732. The summed E-state index contributed by atoms with van der Waals surface area (Å²) >= 11 is 1.54. The first-order valence-corrected chi connectivity index (χ1v) is 6.46. The maximum Gasteiger partial charge on any atom is 0.314 e. The van der Waals surface area contributed by atoms with E-state index in [1.165, 1.54) is 16.7 Å². The number of primary amides is 1. The van der Waals surface area contributed by atoms with Crippen LogP contribution in [0, 0.1) is 0 Å². The van der Waals surface area contributed by atoms with Gasteiger partial charge < -0.3 is 16.0 Å². The lowest BCUT2D eigenvalue weighted by Crippen LogP contribution is -2.31. The number of nitrogens with two attached hydrogens (primary N) is 1. The first-order valence-electron chi connectivity index (χ1n) is 5.58. The van der Waals surface area contributed by atoms with Crippen molar-refractivity contribution < 1.29 is 9.59 Å². The van der Waals surface area contributed by atoms with E-state index >= 15 is 0 Å². The molecule has 0 radical (unpaired) electrons. The predicted molar refractivity (Wildman–Crippen MR) is 71.4 cm³/mol. The van der Waals surface area contributed by atoms with Crippen molar-refractivity contribution in [2.45, 2.75) is 23.6 Å². The molecule has 1 heterocycles. The molecule has 0 fully saturated rings. The minimum Gasteiger partial charge on any atom is -0.351 e. The van der Waals surface area contributed by atoms with Gasteiger partial charge in [-0.1, -0.05) is 6.07 Å². The van der Waals surface area contributed by atoms with Gasteiger partial charge in [0, 0.05) is 18.5 Å². The van der Waals surface area contributed by atoms with Gasteiger partial charge in [-0.2, -0.15) is 0 Å². The standard InChI is InChI=1S/C12H15N3O2S/c1-7-11(16)14-9-5-8(3-4-10(9)18-7)6-15(2)12(13)17/h3-5,7H,6H2,1-2H3,(H2,13,17)(H,14,16). The molecular weight excluding hydrogens is 250 g/mol. The van der Waals surface area contributed by atoms with Crippen molar-refractivity contribution in [1.82, 2.24) is 4.90 Å². The Hall–Kier alpha value is -1.69. The van der Waals surface area contributed by atoms with Crippen LogP contribution >= 0.6 is 11.8 Å². The second-order valence-corrected chi connectivity index (χ2v) is 5.66. The lowest BCUT2D eigenvalue weighted by Gasteiger charge is -2.22. The van der Waals surface area contributed by atoms with Crippen molar-refractivity contribution in [3.05, 3.63) is 23.8 Å². The van der Waals surface area contributed by atoms with Crippen molar-refractivity contribution in [2.75, 3.05) is 12.4 Å². The van der Waals surface area contributed by atoms with Crippen LogP contribution in [-0.2, 0) is 11.3 Å². The third-order valence-electron chi connectivity index (χ3n) is 2.77. The number of carbonyl (C=O) groups is 2. The fourth-order valence-corrected chi connectivity index (χ4v) is 2.64. The Morgan fingerprint density at radius 2 is 2.28 bits per heavy atom. The molecular formula is C12H15N3O2S. The van der Waals surface area contributed by atoms with E-state index in [-0.39, 0.29) is 11.2 Å². The lowest BCUT2D eigenvalue weighted by molar-refractivity contribution is -0.115. The number of anilines is 1. The first kappa shape index (κ1) is 12.8. The smallest absolute Gasteiger partial charge is 0.314 e. The number of rotatable bonds is 2. The highest BCUT2D eigenvalue weighted by Crippen LogP contribution is 2.35. The van der Waals surface area contributed by atoms with E-state index in [2.05, 4.69) is 5.32 Å². The number of fused-ring (bicyclic) bond motifs is 1. The average Bonchev–Trinajstić information content (AvgIpc) is 2.31. The Morgan fingerprint density at radius 3 is 2.94 bits per heavy atom. The molecule has 1 aliphatic rings. The van der Waals surface area contributed by atoms with E-state index in [9.17, 15) is 9.59 Å². The Labute approximate surface area is 110 Å².